The molecule has 10 heteroatoms. The summed E-state index contributed by atoms with van der Waals surface area (Å²) >= 11 is 2.40. The van der Waals surface area contributed by atoms with Crippen LogP contribution in [0.15, 0.2) is 47.0 Å². The molecule has 0 radical (unpaired) electrons. The number of hydrogen-bond acceptors (Lipinski definition) is 6. The minimum atomic E-state index is -4.61. The van der Waals surface area contributed by atoms with Crippen molar-refractivity contribution >= 4 is 40.1 Å². The van der Waals surface area contributed by atoms with Crippen molar-refractivity contribution in [1.29, 1.82) is 0 Å². The van der Waals surface area contributed by atoms with Gasteiger partial charge in [0, 0.05) is 10.6 Å². The molecule has 0 fully saturated rings. The molecule has 5 nitrogen and oxygen atoms in total. The van der Waals surface area contributed by atoms with Crippen LogP contribution < -0.4 is 4.90 Å². The van der Waals surface area contributed by atoms with Crippen molar-refractivity contribution in [3.63, 3.8) is 0 Å². The molecular weight excluding hydrogens is 461 g/mol. The zero-order chi connectivity index (χ0) is 23.4. The molecule has 32 heavy (non-hydrogen) atoms. The van der Waals surface area contributed by atoms with Crippen LogP contribution >= 0.6 is 22.7 Å². The molecule has 1 aliphatic heterocycles. The van der Waals surface area contributed by atoms with Gasteiger partial charge in [0.2, 0.25) is 5.78 Å². The van der Waals surface area contributed by atoms with Gasteiger partial charge in [0.15, 0.2) is 5.76 Å². The van der Waals surface area contributed by atoms with E-state index in [1.165, 1.54) is 23.5 Å². The zero-order valence-electron chi connectivity index (χ0n) is 17.1. The van der Waals surface area contributed by atoms with Gasteiger partial charge in [-0.2, -0.15) is 13.2 Å². The van der Waals surface area contributed by atoms with E-state index in [0.717, 1.165) is 33.9 Å². The third-order valence-corrected chi connectivity index (χ3v) is 7.31. The van der Waals surface area contributed by atoms with Gasteiger partial charge < -0.3 is 5.11 Å². The lowest BCUT2D eigenvalue weighted by molar-refractivity contribution is -0.137. The lowest BCUT2D eigenvalue weighted by Gasteiger charge is -2.27. The smallest absolute Gasteiger partial charge is 0.416 e. The zero-order valence-corrected chi connectivity index (χ0v) is 18.8. The Labute approximate surface area is 189 Å². The van der Waals surface area contributed by atoms with Gasteiger partial charge in [0.1, 0.15) is 6.04 Å². The maximum absolute atomic E-state index is 13.5. The molecule has 166 valence electrons. The molecule has 0 bridgehead atoms. The van der Waals surface area contributed by atoms with Crippen molar-refractivity contribution in [2.75, 3.05) is 4.90 Å². The molecule has 1 unspecified atom stereocenters. The van der Waals surface area contributed by atoms with Crippen molar-refractivity contribution in [1.82, 2.24) is 4.98 Å². The predicted octanol–water partition coefficient (Wildman–Crippen LogP) is 5.93. The summed E-state index contributed by atoms with van der Waals surface area (Å²) < 4.78 is 39.9. The number of ketones is 1. The number of aliphatic hydroxyl groups is 1. The highest BCUT2D eigenvalue weighted by Crippen LogP contribution is 2.46. The molecule has 1 amide bonds. The van der Waals surface area contributed by atoms with Crippen molar-refractivity contribution in [2.45, 2.75) is 33.0 Å². The number of amides is 1. The predicted molar refractivity (Wildman–Crippen MR) is 116 cm³/mol. The van der Waals surface area contributed by atoms with Crippen LogP contribution in [0.4, 0.5) is 18.9 Å². The molecule has 3 aromatic rings. The fourth-order valence-electron chi connectivity index (χ4n) is 3.71. The van der Waals surface area contributed by atoms with E-state index in [0.29, 0.717) is 15.6 Å². The summed E-state index contributed by atoms with van der Waals surface area (Å²) in [6.45, 7) is 5.17. The third kappa shape index (κ3) is 3.63. The monoisotopic (exact) mass is 478 g/mol. The number of carbonyl (C=O) groups excluding carboxylic acids is 2. The Bertz CT molecular complexity index is 1270. The number of alkyl halides is 3. The standard InChI is InChI=1S/C22H17F3N2O3S2/c1-10-7-8-31-19(10)16-15(17(28)20-11(2)26-12(3)32-20)18(29)21(30)27(16)14-6-4-5-13(9-14)22(23,24)25/h4-9,16,29H,1-3H3. The number of rotatable bonds is 4. The molecule has 1 aliphatic rings. The van der Waals surface area contributed by atoms with Gasteiger partial charge in [0.25, 0.3) is 5.91 Å². The van der Waals surface area contributed by atoms with Crippen molar-refractivity contribution < 1.29 is 27.9 Å². The van der Waals surface area contributed by atoms with Gasteiger partial charge in [-0.05, 0) is 56.0 Å². The SMILES string of the molecule is Cc1nc(C)c(C(=O)C2=C(O)C(=O)N(c3cccc(C(F)(F)F)c3)C2c2sccc2C)s1. The van der Waals surface area contributed by atoms with Crippen LogP contribution in [-0.2, 0) is 11.0 Å². The van der Waals surface area contributed by atoms with Crippen molar-refractivity contribution in [2.24, 2.45) is 0 Å². The third-order valence-electron chi connectivity index (χ3n) is 5.16. The molecule has 3 heterocycles. The van der Waals surface area contributed by atoms with Crippen LogP contribution in [0.2, 0.25) is 0 Å². The van der Waals surface area contributed by atoms with Gasteiger partial charge in [-0.3, -0.25) is 14.5 Å². The van der Waals surface area contributed by atoms with Crippen LogP contribution in [-0.4, -0.2) is 21.8 Å². The van der Waals surface area contributed by atoms with E-state index in [4.69, 9.17) is 0 Å². The summed E-state index contributed by atoms with van der Waals surface area (Å²) in [6, 6.07) is 5.02. The number of halogens is 3. The maximum Gasteiger partial charge on any atom is 0.416 e. The fraction of sp³-hybridized carbons (Fsp3) is 0.227. The number of aryl methyl sites for hydroxylation is 3. The van der Waals surface area contributed by atoms with Crippen LogP contribution in [0.1, 0.15) is 42.4 Å². The van der Waals surface area contributed by atoms with Gasteiger partial charge in [-0.25, -0.2) is 4.98 Å². The Morgan fingerprint density at radius 1 is 1.19 bits per heavy atom. The summed E-state index contributed by atoms with van der Waals surface area (Å²) in [6.07, 6.45) is -4.61. The van der Waals surface area contributed by atoms with Crippen molar-refractivity contribution in [3.05, 3.63) is 78.6 Å². The molecule has 0 aliphatic carbocycles. The molecule has 4 rings (SSSR count). The van der Waals surface area contributed by atoms with Crippen LogP contribution in [0.25, 0.3) is 0 Å². The molecular formula is C22H17F3N2O3S2. The largest absolute Gasteiger partial charge is 0.503 e. The number of aliphatic hydroxyl groups excluding tert-OH is 1. The lowest BCUT2D eigenvalue weighted by atomic mass is 9.98. The first-order chi connectivity index (χ1) is 15.0. The Balaban J connectivity index is 1.90. The molecule has 1 aromatic carbocycles. The Kier molecular flexibility index (Phi) is 5.46. The van der Waals surface area contributed by atoms with E-state index in [-0.39, 0.29) is 16.1 Å². The molecule has 1 N–H and O–H groups in total. The van der Waals surface area contributed by atoms with E-state index in [9.17, 15) is 27.9 Å². The highest BCUT2D eigenvalue weighted by atomic mass is 32.1. The Hall–Kier alpha value is -2.98. The second-order valence-corrected chi connectivity index (χ2v) is 9.48. The van der Waals surface area contributed by atoms with E-state index < -0.39 is 35.2 Å². The van der Waals surface area contributed by atoms with Gasteiger partial charge in [-0.1, -0.05) is 6.07 Å². The fourth-order valence-corrected chi connectivity index (χ4v) is 5.61. The number of thiazole rings is 1. The second-order valence-electron chi connectivity index (χ2n) is 7.33. The Morgan fingerprint density at radius 2 is 1.91 bits per heavy atom. The first kappa shape index (κ1) is 22.2. The summed E-state index contributed by atoms with van der Waals surface area (Å²) in [5.74, 6) is -2.26. The second kappa shape index (κ2) is 7.86. The average Bonchev–Trinajstić information content (AvgIpc) is 3.37. The van der Waals surface area contributed by atoms with Crippen molar-refractivity contribution in [3.8, 4) is 0 Å². The van der Waals surface area contributed by atoms with E-state index in [1.54, 1.807) is 32.2 Å². The number of hydrogen-bond donors (Lipinski definition) is 1. The number of anilines is 1. The van der Waals surface area contributed by atoms with E-state index >= 15 is 0 Å². The molecule has 0 saturated carbocycles. The number of thiophene rings is 1. The summed E-state index contributed by atoms with van der Waals surface area (Å²) in [5.41, 5.74) is 0.0583. The van der Waals surface area contributed by atoms with Gasteiger partial charge in [-0.15, -0.1) is 22.7 Å². The van der Waals surface area contributed by atoms with E-state index in [1.807, 2.05) is 0 Å². The summed E-state index contributed by atoms with van der Waals surface area (Å²) in [4.78, 5) is 32.7. The topological polar surface area (TPSA) is 70.5 Å². The number of Topliss-reactive ketones (excluding diaryl/α,β-unsaturated/α-hetero) is 1. The highest BCUT2D eigenvalue weighted by molar-refractivity contribution is 7.14. The molecule has 2 aromatic heterocycles. The molecule has 0 saturated heterocycles. The minimum Gasteiger partial charge on any atom is -0.503 e. The number of nitrogens with zero attached hydrogens (tertiary/aromatic N) is 2. The van der Waals surface area contributed by atoms with Gasteiger partial charge in [0.05, 0.1) is 26.7 Å². The minimum absolute atomic E-state index is 0.0609. The first-order valence-electron chi connectivity index (χ1n) is 9.47. The average molecular weight is 479 g/mol. The quantitative estimate of drug-likeness (QED) is 0.472. The van der Waals surface area contributed by atoms with E-state index in [2.05, 4.69) is 4.98 Å². The maximum atomic E-state index is 13.5. The normalized spacial score (nSPS) is 16.9. The number of aromatic nitrogens is 1. The highest BCUT2D eigenvalue weighted by Gasteiger charge is 2.46. The Morgan fingerprint density at radius 3 is 2.47 bits per heavy atom. The van der Waals surface area contributed by atoms with Gasteiger partial charge >= 0.3 is 6.18 Å². The number of benzene rings is 1. The van der Waals surface area contributed by atoms with Crippen LogP contribution in [0.3, 0.4) is 0 Å². The van der Waals surface area contributed by atoms with Crippen LogP contribution in [0, 0.1) is 20.8 Å². The molecule has 1 atom stereocenters. The summed E-state index contributed by atoms with van der Waals surface area (Å²) in [5, 5.41) is 13.2. The molecule has 0 spiro atoms. The first-order valence-corrected chi connectivity index (χ1v) is 11.2. The number of carbonyl (C=O) groups is 2. The van der Waals surface area contributed by atoms with Crippen LogP contribution in [0.5, 0.6) is 0 Å². The summed E-state index contributed by atoms with van der Waals surface area (Å²) in [7, 11) is 0. The lowest BCUT2D eigenvalue weighted by Crippen LogP contribution is -2.31.